The summed E-state index contributed by atoms with van der Waals surface area (Å²) in [5, 5.41) is 21.0. The van der Waals surface area contributed by atoms with E-state index in [1.165, 1.54) is 50.5 Å². The van der Waals surface area contributed by atoms with Crippen LogP contribution in [0.25, 0.3) is 5.76 Å². The maximum Gasteiger partial charge on any atom is 0.295 e. The van der Waals surface area contributed by atoms with Gasteiger partial charge in [-0.25, -0.2) is 0 Å². The highest BCUT2D eigenvalue weighted by Gasteiger charge is 2.46. The number of nitrogens with zero attached hydrogens (tertiary/aromatic N) is 1. The van der Waals surface area contributed by atoms with Crippen molar-refractivity contribution in [1.29, 1.82) is 0 Å². The van der Waals surface area contributed by atoms with E-state index < -0.39 is 23.5 Å². The Balaban J connectivity index is 2.25. The summed E-state index contributed by atoms with van der Waals surface area (Å²) < 4.78 is 15.6. The lowest BCUT2D eigenvalue weighted by Crippen LogP contribution is -2.32. The molecule has 1 aliphatic heterocycles. The van der Waals surface area contributed by atoms with E-state index in [1.54, 1.807) is 12.1 Å². The summed E-state index contributed by atoms with van der Waals surface area (Å²) in [4.78, 5) is 27.1. The van der Waals surface area contributed by atoms with Gasteiger partial charge in [-0.2, -0.15) is 0 Å². The number of aliphatic hydroxyl groups excluding tert-OH is 1. The highest BCUT2D eigenvalue weighted by molar-refractivity contribution is 6.46. The molecule has 2 aromatic rings. The second-order valence-electron chi connectivity index (χ2n) is 6.76. The largest absolute Gasteiger partial charge is 0.507 e. The van der Waals surface area contributed by atoms with Crippen LogP contribution in [0.15, 0.2) is 42.0 Å². The Kier molecular flexibility index (Phi) is 6.72. The van der Waals surface area contributed by atoms with Crippen LogP contribution < -0.4 is 9.47 Å². The van der Waals surface area contributed by atoms with Gasteiger partial charge in [0, 0.05) is 13.7 Å². The summed E-state index contributed by atoms with van der Waals surface area (Å²) in [6.45, 7) is 0.286. The van der Waals surface area contributed by atoms with Crippen molar-refractivity contribution in [3.63, 3.8) is 0 Å². The number of Topliss-reactive ketones (excluding diaryl/α,β-unsaturated/α-hetero) is 1. The fourth-order valence-electron chi connectivity index (χ4n) is 3.48. The molecule has 1 aliphatic rings. The molecule has 0 spiro atoms. The average molecular weight is 448 g/mol. The van der Waals surface area contributed by atoms with Gasteiger partial charge in [0.05, 0.1) is 43.0 Å². The number of likely N-dealkylation sites (tertiary alicyclic amines) is 1. The van der Waals surface area contributed by atoms with Crippen LogP contribution in [0.1, 0.15) is 17.2 Å². The topological polar surface area (TPSA) is 106 Å². The average Bonchev–Trinajstić information content (AvgIpc) is 3.03. The number of amides is 1. The van der Waals surface area contributed by atoms with Gasteiger partial charge in [0.1, 0.15) is 23.0 Å². The molecule has 8 nitrogen and oxygen atoms in total. The van der Waals surface area contributed by atoms with E-state index in [4.69, 9.17) is 25.8 Å². The fourth-order valence-corrected chi connectivity index (χ4v) is 3.67. The van der Waals surface area contributed by atoms with E-state index in [9.17, 15) is 19.8 Å². The molecule has 1 saturated heterocycles. The van der Waals surface area contributed by atoms with Gasteiger partial charge < -0.3 is 29.3 Å². The number of hydrogen-bond acceptors (Lipinski definition) is 7. The Bertz CT molecular complexity index is 1050. The number of aliphatic hydroxyl groups is 1. The molecule has 0 aromatic heterocycles. The summed E-state index contributed by atoms with van der Waals surface area (Å²) in [6.07, 6.45) is 0. The Hall–Kier alpha value is -3.23. The lowest BCUT2D eigenvalue weighted by Gasteiger charge is -2.25. The van der Waals surface area contributed by atoms with Gasteiger partial charge in [-0.3, -0.25) is 9.59 Å². The first-order chi connectivity index (χ1) is 14.8. The van der Waals surface area contributed by atoms with Crippen molar-refractivity contribution in [2.75, 3.05) is 34.5 Å². The van der Waals surface area contributed by atoms with E-state index in [0.717, 1.165) is 0 Å². The third-order valence-corrected chi connectivity index (χ3v) is 5.33. The normalized spacial score (nSPS) is 17.8. The quantitative estimate of drug-likeness (QED) is 0.381. The molecule has 1 atom stereocenters. The van der Waals surface area contributed by atoms with E-state index in [1.807, 2.05) is 0 Å². The monoisotopic (exact) mass is 447 g/mol. The number of methoxy groups -OCH3 is 3. The van der Waals surface area contributed by atoms with Gasteiger partial charge in [0.2, 0.25) is 0 Å². The number of carbonyl (C=O) groups excluding carboxylic acids is 2. The minimum absolute atomic E-state index is 0.0498. The first kappa shape index (κ1) is 22.5. The predicted molar refractivity (Wildman–Crippen MR) is 114 cm³/mol. The van der Waals surface area contributed by atoms with Gasteiger partial charge >= 0.3 is 0 Å². The summed E-state index contributed by atoms with van der Waals surface area (Å²) in [6, 6.07) is 8.14. The first-order valence-electron chi connectivity index (χ1n) is 9.32. The molecule has 1 unspecified atom stereocenters. The zero-order chi connectivity index (χ0) is 22.7. The van der Waals surface area contributed by atoms with Gasteiger partial charge in [-0.05, 0) is 35.9 Å². The molecule has 2 N–H and O–H groups in total. The highest BCUT2D eigenvalue weighted by atomic mass is 35.5. The number of ether oxygens (including phenoxy) is 3. The van der Waals surface area contributed by atoms with Crippen LogP contribution in [0.3, 0.4) is 0 Å². The number of hydrogen-bond donors (Lipinski definition) is 2. The standard InChI is InChI=1S/C22H22ClNO7/c1-29-9-8-24-19(12-4-6-16(25)15(23)10-12)18(21(27)22(24)28)20(26)14-11-13(30-2)5-7-17(14)31-3/h4-7,10-11,19,25-26H,8-9H2,1-3H3/b20-18+. The molecule has 0 radical (unpaired) electrons. The van der Waals surface area contributed by atoms with E-state index >= 15 is 0 Å². The van der Waals surface area contributed by atoms with Crippen molar-refractivity contribution in [3.8, 4) is 17.2 Å². The van der Waals surface area contributed by atoms with Crippen LogP contribution in [-0.4, -0.2) is 61.3 Å². The van der Waals surface area contributed by atoms with Crippen molar-refractivity contribution in [2.24, 2.45) is 0 Å². The van der Waals surface area contributed by atoms with E-state index in [0.29, 0.717) is 17.1 Å². The molecule has 31 heavy (non-hydrogen) atoms. The van der Waals surface area contributed by atoms with Gasteiger partial charge in [-0.15, -0.1) is 0 Å². The smallest absolute Gasteiger partial charge is 0.295 e. The second kappa shape index (κ2) is 9.28. The molecule has 1 heterocycles. The number of rotatable bonds is 7. The molecular weight excluding hydrogens is 426 g/mol. The van der Waals surface area contributed by atoms with Crippen LogP contribution in [0.5, 0.6) is 17.2 Å². The number of phenols is 1. The van der Waals surface area contributed by atoms with Crippen LogP contribution in [0.2, 0.25) is 5.02 Å². The molecule has 0 saturated carbocycles. The molecule has 0 aliphatic carbocycles. The SMILES string of the molecule is COCCN1C(=O)C(=O)/C(=C(/O)c2cc(OC)ccc2OC)C1c1ccc(O)c(Cl)c1. The van der Waals surface area contributed by atoms with Crippen LogP contribution in [0.4, 0.5) is 0 Å². The number of aromatic hydroxyl groups is 1. The van der Waals surface area contributed by atoms with Gasteiger partial charge in [0.15, 0.2) is 0 Å². The maximum atomic E-state index is 13.0. The maximum absolute atomic E-state index is 13.0. The third kappa shape index (κ3) is 4.17. The minimum Gasteiger partial charge on any atom is -0.507 e. The number of phenolic OH excluding ortho intramolecular Hbond substituents is 1. The number of halogens is 1. The van der Waals surface area contributed by atoms with Crippen molar-refractivity contribution in [3.05, 3.63) is 58.1 Å². The Morgan fingerprint density at radius 1 is 1.10 bits per heavy atom. The molecule has 9 heteroatoms. The highest BCUT2D eigenvalue weighted by Crippen LogP contribution is 2.42. The molecular formula is C22H22ClNO7. The van der Waals surface area contributed by atoms with Gasteiger partial charge in [-0.1, -0.05) is 17.7 Å². The summed E-state index contributed by atoms with van der Waals surface area (Å²) in [5.41, 5.74) is 0.511. The summed E-state index contributed by atoms with van der Waals surface area (Å²) >= 11 is 6.07. The van der Waals surface area contributed by atoms with Crippen LogP contribution in [-0.2, 0) is 14.3 Å². The van der Waals surface area contributed by atoms with Gasteiger partial charge in [0.25, 0.3) is 11.7 Å². The van der Waals surface area contributed by atoms with Crippen molar-refractivity contribution < 1.29 is 34.0 Å². The molecule has 2 aromatic carbocycles. The lowest BCUT2D eigenvalue weighted by atomic mass is 9.95. The fraction of sp³-hybridized carbons (Fsp3) is 0.273. The third-order valence-electron chi connectivity index (χ3n) is 5.03. The summed E-state index contributed by atoms with van der Waals surface area (Å²) in [7, 11) is 4.37. The van der Waals surface area contributed by atoms with E-state index in [-0.39, 0.29) is 35.1 Å². The molecule has 3 rings (SSSR count). The molecule has 0 bridgehead atoms. The molecule has 164 valence electrons. The number of benzene rings is 2. The van der Waals surface area contributed by atoms with Crippen molar-refractivity contribution >= 4 is 29.1 Å². The van der Waals surface area contributed by atoms with Crippen LogP contribution >= 0.6 is 11.6 Å². The second-order valence-corrected chi connectivity index (χ2v) is 7.17. The van der Waals surface area contributed by atoms with E-state index in [2.05, 4.69) is 0 Å². The van der Waals surface area contributed by atoms with Crippen LogP contribution in [0, 0.1) is 0 Å². The lowest BCUT2D eigenvalue weighted by molar-refractivity contribution is -0.140. The van der Waals surface area contributed by atoms with Crippen molar-refractivity contribution in [1.82, 2.24) is 4.90 Å². The Labute approximate surface area is 184 Å². The number of ketones is 1. The number of carbonyl (C=O) groups is 2. The zero-order valence-corrected chi connectivity index (χ0v) is 18.0. The zero-order valence-electron chi connectivity index (χ0n) is 17.2. The van der Waals surface area contributed by atoms with Crippen molar-refractivity contribution in [2.45, 2.75) is 6.04 Å². The summed E-state index contributed by atoms with van der Waals surface area (Å²) in [5.74, 6) is -1.47. The first-order valence-corrected chi connectivity index (χ1v) is 9.70. The molecule has 1 amide bonds. The molecule has 1 fully saturated rings. The predicted octanol–water partition coefficient (Wildman–Crippen LogP) is 3.13. The minimum atomic E-state index is -0.941. The Morgan fingerprint density at radius 2 is 1.84 bits per heavy atom. The Morgan fingerprint density at radius 3 is 2.45 bits per heavy atom.